The first-order valence-electron chi connectivity index (χ1n) is 19.8. The summed E-state index contributed by atoms with van der Waals surface area (Å²) in [6, 6.07) is 20.8. The summed E-state index contributed by atoms with van der Waals surface area (Å²) in [5.41, 5.74) is 11.2. The van der Waals surface area contributed by atoms with Crippen molar-refractivity contribution in [1.82, 2.24) is 4.90 Å². The fraction of sp³-hybridized carbons (Fsp3) is 0.444. The number of hydrogen-bond donors (Lipinski definition) is 2. The molecule has 1 fully saturated rings. The van der Waals surface area contributed by atoms with Crippen LogP contribution in [0.25, 0.3) is 21.9 Å². The highest BCUT2D eigenvalue weighted by atomic mass is 19.3. The van der Waals surface area contributed by atoms with E-state index in [1.807, 2.05) is 47.4 Å². The van der Waals surface area contributed by atoms with Crippen LogP contribution in [0.15, 0.2) is 71.7 Å². The lowest BCUT2D eigenvalue weighted by atomic mass is 9.80. The molecule has 0 radical (unpaired) electrons. The molecule has 0 bridgehead atoms. The number of nitrogens with zero attached hydrogens (tertiary/aromatic N) is 2. The number of benzene rings is 4. The summed E-state index contributed by atoms with van der Waals surface area (Å²) >= 11 is 0. The van der Waals surface area contributed by atoms with E-state index in [0.717, 1.165) is 93.6 Å². The number of hydrogen-bond acceptors (Lipinski definition) is 4. The normalized spacial score (nSPS) is 14.5. The first-order chi connectivity index (χ1) is 25.8. The van der Waals surface area contributed by atoms with Gasteiger partial charge in [-0.05, 0) is 84.0 Å². The molecule has 1 aliphatic heterocycles. The summed E-state index contributed by atoms with van der Waals surface area (Å²) in [7, 11) is 0. The number of aliphatic imine (C=N–C) groups is 1. The first kappa shape index (κ1) is 38.1. The average Bonchev–Trinajstić information content (AvgIpc) is 3.45. The number of amides is 1. The van der Waals surface area contributed by atoms with Crippen molar-refractivity contribution >= 4 is 28.4 Å². The molecule has 4 aromatic carbocycles. The lowest BCUT2D eigenvalue weighted by molar-refractivity contribution is 0.0749. The number of ether oxygens (including phenoxy) is 1. The number of alkyl halides is 2. The summed E-state index contributed by atoms with van der Waals surface area (Å²) in [5, 5.41) is 10.2. The molecule has 0 atom stereocenters. The lowest BCUT2D eigenvalue weighted by Crippen LogP contribution is -2.33. The van der Waals surface area contributed by atoms with E-state index in [9.17, 15) is 13.6 Å². The van der Waals surface area contributed by atoms with Crippen molar-refractivity contribution in [2.75, 3.05) is 13.1 Å². The fourth-order valence-electron chi connectivity index (χ4n) is 8.13. The van der Waals surface area contributed by atoms with E-state index in [4.69, 9.17) is 15.9 Å². The second-order valence-electron chi connectivity index (χ2n) is 14.7. The van der Waals surface area contributed by atoms with Crippen molar-refractivity contribution in [3.63, 3.8) is 0 Å². The number of fused-ring (bicyclic) bond motifs is 2. The molecule has 1 amide bonds. The van der Waals surface area contributed by atoms with Gasteiger partial charge in [-0.2, -0.15) is 0 Å². The van der Waals surface area contributed by atoms with Crippen molar-refractivity contribution in [2.45, 2.75) is 116 Å². The second kappa shape index (κ2) is 18.0. The largest absolute Gasteiger partial charge is 0.456 e. The monoisotopic (exact) mass is 720 g/mol. The van der Waals surface area contributed by atoms with Gasteiger partial charge in [0, 0.05) is 47.2 Å². The minimum atomic E-state index is -2.54. The molecule has 1 aliphatic carbocycles. The first-order valence-corrected chi connectivity index (χ1v) is 19.8. The summed E-state index contributed by atoms with van der Waals surface area (Å²) in [5.74, 6) is 1.81. The molecule has 6 nitrogen and oxygen atoms in total. The van der Waals surface area contributed by atoms with Crippen molar-refractivity contribution in [3.05, 3.63) is 94.5 Å². The molecule has 1 saturated carbocycles. The van der Waals surface area contributed by atoms with Gasteiger partial charge in [-0.25, -0.2) is 13.8 Å². The van der Waals surface area contributed by atoms with E-state index in [-0.39, 0.29) is 23.5 Å². The van der Waals surface area contributed by atoms with E-state index >= 15 is 0 Å². The molecule has 6 rings (SSSR count). The Labute approximate surface area is 313 Å². The van der Waals surface area contributed by atoms with Crippen LogP contribution in [0.2, 0.25) is 0 Å². The van der Waals surface area contributed by atoms with Gasteiger partial charge >= 0.3 is 0 Å². The van der Waals surface area contributed by atoms with Crippen LogP contribution < -0.4 is 10.5 Å². The van der Waals surface area contributed by atoms with Gasteiger partial charge in [-0.3, -0.25) is 10.2 Å². The smallest absolute Gasteiger partial charge is 0.253 e. The van der Waals surface area contributed by atoms with Crippen molar-refractivity contribution in [2.24, 2.45) is 10.7 Å². The molecular weight excluding hydrogens is 667 g/mol. The third kappa shape index (κ3) is 8.80. The Kier molecular flexibility index (Phi) is 12.9. The summed E-state index contributed by atoms with van der Waals surface area (Å²) < 4.78 is 35.0. The van der Waals surface area contributed by atoms with E-state index in [1.165, 1.54) is 19.3 Å². The van der Waals surface area contributed by atoms with E-state index < -0.39 is 12.8 Å². The summed E-state index contributed by atoms with van der Waals surface area (Å²) in [4.78, 5) is 20.2. The van der Waals surface area contributed by atoms with Gasteiger partial charge in [0.25, 0.3) is 5.91 Å². The Morgan fingerprint density at radius 1 is 0.868 bits per heavy atom. The van der Waals surface area contributed by atoms with Crippen molar-refractivity contribution in [3.8, 4) is 22.6 Å². The number of amidine groups is 2. The lowest BCUT2D eigenvalue weighted by Gasteiger charge is -2.27. The molecule has 1 heterocycles. The number of unbranched alkanes of at least 4 members (excludes halogenated alkanes) is 6. The van der Waals surface area contributed by atoms with Gasteiger partial charge < -0.3 is 15.4 Å². The molecular formula is C45H54F2N4O2. The fourth-order valence-corrected chi connectivity index (χ4v) is 8.13. The van der Waals surface area contributed by atoms with Crippen molar-refractivity contribution < 1.29 is 18.3 Å². The van der Waals surface area contributed by atoms with Gasteiger partial charge in [0.05, 0.1) is 0 Å². The van der Waals surface area contributed by atoms with Crippen LogP contribution in [0.5, 0.6) is 11.5 Å². The van der Waals surface area contributed by atoms with Gasteiger partial charge in [0.15, 0.2) is 5.84 Å². The molecule has 3 N–H and O–H groups in total. The van der Waals surface area contributed by atoms with E-state index in [2.05, 4.69) is 31.0 Å². The third-order valence-electron chi connectivity index (χ3n) is 10.9. The highest BCUT2D eigenvalue weighted by Crippen LogP contribution is 2.49. The van der Waals surface area contributed by atoms with Crippen LogP contribution in [0, 0.1) is 5.41 Å². The highest BCUT2D eigenvalue weighted by molar-refractivity contribution is 6.27. The third-order valence-corrected chi connectivity index (χ3v) is 10.9. The minimum absolute atomic E-state index is 0.0447. The molecule has 0 unspecified atom stereocenters. The van der Waals surface area contributed by atoms with Crippen LogP contribution >= 0.6 is 0 Å². The Morgan fingerprint density at radius 2 is 1.55 bits per heavy atom. The average molecular weight is 721 g/mol. The van der Waals surface area contributed by atoms with Crippen LogP contribution in [-0.4, -0.2) is 42.0 Å². The second-order valence-corrected chi connectivity index (χ2v) is 14.7. The van der Waals surface area contributed by atoms with Crippen LogP contribution in [0.3, 0.4) is 0 Å². The zero-order chi connectivity index (χ0) is 37.3. The number of nitrogens with one attached hydrogen (secondary N) is 1. The van der Waals surface area contributed by atoms with Crippen LogP contribution in [-0.2, 0) is 6.42 Å². The Morgan fingerprint density at radius 3 is 2.21 bits per heavy atom. The number of carbonyl (C=O) groups excluding carboxylic acids is 1. The van der Waals surface area contributed by atoms with Gasteiger partial charge in [0.2, 0.25) is 6.43 Å². The standard InChI is InChI=1S/C45H54F2N4O2/c1-3-5-7-14-26-51(27-15-8-6-4-2)45(52)31-20-23-34(24-21-31)53-42-36(30-16-10-9-11-17-30)25-22-33-28-37-41(44(49)50-43(37)48)40(39(33)42)35-19-13-12-18-32(35)29-38(46)47/h12-13,18-25,28,30,38H,3-11,14-17,26-27,29H2,1-2H3,(H3,48,49,50). The maximum absolute atomic E-state index is 14.0. The number of carbonyl (C=O) groups is 1. The van der Waals surface area contributed by atoms with E-state index in [0.29, 0.717) is 44.9 Å². The highest BCUT2D eigenvalue weighted by Gasteiger charge is 2.31. The zero-order valence-corrected chi connectivity index (χ0v) is 31.4. The van der Waals surface area contributed by atoms with Gasteiger partial charge in [0.1, 0.15) is 17.3 Å². The van der Waals surface area contributed by atoms with Crippen LogP contribution in [0.4, 0.5) is 8.78 Å². The SMILES string of the molecule is CCCCCCN(CCCCCC)C(=O)c1ccc(Oc2c(C3CCCCC3)ccc3cc4c(c(-c5ccccc5CC(F)F)c23)C(N)=NC4=N)cc1. The summed E-state index contributed by atoms with van der Waals surface area (Å²) in [6.07, 6.45) is 11.4. The van der Waals surface area contributed by atoms with E-state index in [1.54, 1.807) is 12.1 Å². The number of nitrogens with two attached hydrogens (primary N) is 1. The Hall–Kier alpha value is -4.59. The molecule has 0 aromatic heterocycles. The van der Waals surface area contributed by atoms with Crippen molar-refractivity contribution in [1.29, 1.82) is 5.41 Å². The predicted octanol–water partition coefficient (Wildman–Crippen LogP) is 11.8. The predicted molar refractivity (Wildman–Crippen MR) is 213 cm³/mol. The quantitative estimate of drug-likeness (QED) is 0.106. The number of halogens is 2. The summed E-state index contributed by atoms with van der Waals surface area (Å²) in [6.45, 7) is 5.91. The molecule has 4 aromatic rings. The zero-order valence-electron chi connectivity index (χ0n) is 31.4. The maximum atomic E-state index is 14.0. The maximum Gasteiger partial charge on any atom is 0.253 e. The van der Waals surface area contributed by atoms with Gasteiger partial charge in [-0.15, -0.1) is 0 Å². The van der Waals surface area contributed by atoms with Gasteiger partial charge in [-0.1, -0.05) is 108 Å². The molecule has 280 valence electrons. The Balaban J connectivity index is 1.44. The minimum Gasteiger partial charge on any atom is -0.456 e. The Bertz CT molecular complexity index is 1920. The molecule has 53 heavy (non-hydrogen) atoms. The molecule has 0 spiro atoms. The topological polar surface area (TPSA) is 91.8 Å². The number of rotatable bonds is 17. The molecule has 2 aliphatic rings. The molecule has 0 saturated heterocycles. The van der Waals surface area contributed by atoms with Crippen LogP contribution in [0.1, 0.15) is 136 Å². The molecule has 8 heteroatoms.